The topological polar surface area (TPSA) is 59.4 Å². The summed E-state index contributed by atoms with van der Waals surface area (Å²) in [4.78, 5) is 15.2. The van der Waals surface area contributed by atoms with Crippen LogP contribution in [0.4, 0.5) is 28.9 Å². The number of carbonyl (C=O) groups excluding carboxylic acids is 1. The average molecular weight is 505 g/mol. The number of halogens is 4. The maximum atomic E-state index is 14.9. The molecule has 0 spiro atoms. The Morgan fingerprint density at radius 2 is 1.86 bits per heavy atom. The predicted octanol–water partition coefficient (Wildman–Crippen LogP) is 6.15. The smallest absolute Gasteiger partial charge is 0.352 e. The monoisotopic (exact) mass is 504 g/mol. The van der Waals surface area contributed by atoms with Crippen LogP contribution in [0.2, 0.25) is 0 Å². The van der Waals surface area contributed by atoms with Gasteiger partial charge in [-0.3, -0.25) is 9.69 Å². The molecule has 0 radical (unpaired) electrons. The number of carbonyl (C=O) groups is 1. The number of amides is 1. The molecule has 0 aliphatic carbocycles. The van der Waals surface area contributed by atoms with Crippen molar-refractivity contribution in [2.75, 3.05) is 16.3 Å². The van der Waals surface area contributed by atoms with Gasteiger partial charge in [-0.05, 0) is 68.9 Å². The number of benzene rings is 2. The van der Waals surface area contributed by atoms with E-state index in [4.69, 9.17) is 17.5 Å². The van der Waals surface area contributed by atoms with Crippen LogP contribution in [0.3, 0.4) is 0 Å². The summed E-state index contributed by atoms with van der Waals surface area (Å²) in [5, 5.41) is 11.8. The molecule has 1 amide bonds. The summed E-state index contributed by atoms with van der Waals surface area (Å²) in [6.45, 7) is 9.93. The molecule has 1 fully saturated rings. The Labute approximate surface area is 206 Å². The van der Waals surface area contributed by atoms with E-state index in [1.54, 1.807) is 24.8 Å². The molecule has 10 heteroatoms. The molecular weight excluding hydrogens is 480 g/mol. The largest absolute Gasteiger partial charge is 0.417 e. The second-order valence-corrected chi connectivity index (χ2v) is 8.94. The second kappa shape index (κ2) is 9.66. The molecule has 184 valence electrons. The van der Waals surface area contributed by atoms with E-state index in [1.807, 2.05) is 6.92 Å². The third kappa shape index (κ3) is 4.86. The molecule has 0 unspecified atom stereocenters. The fraction of sp³-hybridized carbons (Fsp3) is 0.320. The van der Waals surface area contributed by atoms with Gasteiger partial charge in [0.15, 0.2) is 5.11 Å². The minimum atomic E-state index is -4.74. The minimum Gasteiger partial charge on any atom is -0.352 e. The number of unbranched alkanes of at least 4 members (excludes halogenated alkanes) is 1. The van der Waals surface area contributed by atoms with E-state index in [0.717, 1.165) is 25.0 Å². The lowest BCUT2D eigenvalue weighted by Crippen LogP contribution is -2.41. The van der Waals surface area contributed by atoms with Gasteiger partial charge in [-0.25, -0.2) is 4.39 Å². The Morgan fingerprint density at radius 1 is 1.20 bits per heavy atom. The fourth-order valence-corrected chi connectivity index (χ4v) is 4.41. The van der Waals surface area contributed by atoms with E-state index in [-0.39, 0.29) is 16.4 Å². The summed E-state index contributed by atoms with van der Waals surface area (Å²) < 4.78 is 55.5. The lowest BCUT2D eigenvalue weighted by Gasteiger charge is -2.31. The van der Waals surface area contributed by atoms with Crippen molar-refractivity contribution in [3.05, 3.63) is 71.2 Å². The van der Waals surface area contributed by atoms with Crippen LogP contribution in [-0.2, 0) is 6.18 Å². The van der Waals surface area contributed by atoms with Crippen molar-refractivity contribution < 1.29 is 22.4 Å². The number of thiocarbonyl (C=S) groups is 1. The van der Waals surface area contributed by atoms with E-state index in [2.05, 4.69) is 11.9 Å². The summed E-state index contributed by atoms with van der Waals surface area (Å²) in [6.07, 6.45) is -3.09. The van der Waals surface area contributed by atoms with Gasteiger partial charge >= 0.3 is 6.18 Å². The van der Waals surface area contributed by atoms with E-state index < -0.39 is 34.6 Å². The SMILES string of the molecule is C=C1N(c2ccc(C#N)c(C(F)(F)F)c2)C(=S)N(c2ccc(C(=O)NCCCC)c(F)c2)C1(C)C. The molecule has 1 aliphatic heterocycles. The van der Waals surface area contributed by atoms with Gasteiger partial charge in [-0.1, -0.05) is 19.9 Å². The van der Waals surface area contributed by atoms with E-state index in [1.165, 1.54) is 29.2 Å². The van der Waals surface area contributed by atoms with Crippen LogP contribution in [0.1, 0.15) is 55.1 Å². The highest BCUT2D eigenvalue weighted by atomic mass is 32.1. The van der Waals surface area contributed by atoms with Crippen LogP contribution in [0, 0.1) is 17.1 Å². The molecule has 35 heavy (non-hydrogen) atoms. The third-order valence-electron chi connectivity index (χ3n) is 5.88. The van der Waals surface area contributed by atoms with Crippen molar-refractivity contribution >= 4 is 34.6 Å². The molecule has 0 aromatic heterocycles. The molecule has 0 atom stereocenters. The molecular formula is C25H24F4N4OS. The van der Waals surface area contributed by atoms with Gasteiger partial charge in [-0.2, -0.15) is 18.4 Å². The number of alkyl halides is 3. The second-order valence-electron chi connectivity index (χ2n) is 8.57. The number of rotatable bonds is 6. The highest BCUT2D eigenvalue weighted by molar-refractivity contribution is 7.80. The van der Waals surface area contributed by atoms with Crippen LogP contribution in [0.15, 0.2) is 48.7 Å². The number of anilines is 2. The first kappa shape index (κ1) is 26.2. The molecule has 2 aromatic carbocycles. The predicted molar refractivity (Wildman–Crippen MR) is 131 cm³/mol. The van der Waals surface area contributed by atoms with Crippen molar-refractivity contribution in [1.82, 2.24) is 5.32 Å². The van der Waals surface area contributed by atoms with Crippen molar-refractivity contribution in [3.63, 3.8) is 0 Å². The molecule has 1 saturated heterocycles. The molecule has 0 bridgehead atoms. The lowest BCUT2D eigenvalue weighted by molar-refractivity contribution is -0.137. The van der Waals surface area contributed by atoms with Crippen LogP contribution < -0.4 is 15.1 Å². The average Bonchev–Trinajstić information content (AvgIpc) is 2.96. The van der Waals surface area contributed by atoms with Crippen molar-refractivity contribution in [1.29, 1.82) is 5.26 Å². The first-order chi connectivity index (χ1) is 16.3. The zero-order chi connectivity index (χ0) is 26.1. The molecule has 1 heterocycles. The van der Waals surface area contributed by atoms with Gasteiger partial charge in [0.2, 0.25) is 0 Å². The fourth-order valence-electron chi connectivity index (χ4n) is 3.86. The number of hydrogen-bond acceptors (Lipinski definition) is 3. The van der Waals surface area contributed by atoms with Gasteiger partial charge < -0.3 is 10.2 Å². The molecule has 5 nitrogen and oxygen atoms in total. The number of hydrogen-bond donors (Lipinski definition) is 1. The minimum absolute atomic E-state index is 0.0781. The highest BCUT2D eigenvalue weighted by Gasteiger charge is 2.46. The normalized spacial score (nSPS) is 15.4. The lowest BCUT2D eigenvalue weighted by atomic mass is 9.99. The van der Waals surface area contributed by atoms with Gasteiger partial charge in [0.25, 0.3) is 5.91 Å². The summed E-state index contributed by atoms with van der Waals surface area (Å²) in [6, 6.07) is 8.88. The highest BCUT2D eigenvalue weighted by Crippen LogP contribution is 2.43. The molecule has 3 rings (SSSR count). The maximum Gasteiger partial charge on any atom is 0.417 e. The Balaban J connectivity index is 1.99. The van der Waals surface area contributed by atoms with Crippen molar-refractivity contribution in [3.8, 4) is 6.07 Å². The summed E-state index contributed by atoms with van der Waals surface area (Å²) in [5.41, 5.74) is -1.89. The zero-order valence-electron chi connectivity index (χ0n) is 19.5. The standard InChI is InChI=1S/C25H24F4N4OS/c1-5-6-11-31-22(34)19-10-9-18(13-21(19)26)33-23(35)32(15(2)24(33,3)4)17-8-7-16(14-30)20(12-17)25(27,28)29/h7-10,12-13H,2,5-6,11H2,1,3-4H3,(H,31,34). The maximum absolute atomic E-state index is 14.9. The number of nitrogens with zero attached hydrogens (tertiary/aromatic N) is 3. The van der Waals surface area contributed by atoms with Crippen molar-refractivity contribution in [2.24, 2.45) is 0 Å². The molecule has 1 aliphatic rings. The van der Waals surface area contributed by atoms with E-state index >= 15 is 0 Å². The molecule has 2 aromatic rings. The summed E-state index contributed by atoms with van der Waals surface area (Å²) in [7, 11) is 0. The van der Waals surface area contributed by atoms with E-state index in [9.17, 15) is 22.4 Å². The van der Waals surface area contributed by atoms with Gasteiger partial charge in [0.05, 0.1) is 28.3 Å². The molecule has 0 saturated carbocycles. The van der Waals surface area contributed by atoms with Crippen LogP contribution in [0.25, 0.3) is 0 Å². The van der Waals surface area contributed by atoms with Crippen molar-refractivity contribution in [2.45, 2.75) is 45.3 Å². The summed E-state index contributed by atoms with van der Waals surface area (Å²) in [5.74, 6) is -1.29. The number of nitrogens with one attached hydrogen (secondary N) is 1. The van der Waals surface area contributed by atoms with E-state index in [0.29, 0.717) is 17.9 Å². The quantitative estimate of drug-likeness (QED) is 0.291. The van der Waals surface area contributed by atoms with Gasteiger partial charge in [0.1, 0.15) is 5.82 Å². The summed E-state index contributed by atoms with van der Waals surface area (Å²) >= 11 is 5.59. The Hall–Kier alpha value is -3.45. The Bertz CT molecular complexity index is 1230. The first-order valence-corrected chi connectivity index (χ1v) is 11.3. The zero-order valence-corrected chi connectivity index (χ0v) is 20.3. The molecule has 1 N–H and O–H groups in total. The Morgan fingerprint density at radius 3 is 2.43 bits per heavy atom. The Kier molecular flexibility index (Phi) is 7.22. The van der Waals surface area contributed by atoms with Crippen LogP contribution in [-0.4, -0.2) is 23.1 Å². The third-order valence-corrected chi connectivity index (χ3v) is 6.24. The van der Waals surface area contributed by atoms with Gasteiger partial charge in [0, 0.05) is 23.6 Å². The number of nitriles is 1. The first-order valence-electron chi connectivity index (χ1n) is 10.9. The van der Waals surface area contributed by atoms with Crippen LogP contribution in [0.5, 0.6) is 0 Å². The van der Waals surface area contributed by atoms with Gasteiger partial charge in [-0.15, -0.1) is 0 Å². The van der Waals surface area contributed by atoms with Crippen LogP contribution >= 0.6 is 12.2 Å².